The monoisotopic (exact) mass is 316 g/mol. The van der Waals surface area contributed by atoms with Crippen molar-refractivity contribution in [1.29, 1.82) is 0 Å². The number of rotatable bonds is 10. The van der Waals surface area contributed by atoms with Crippen LogP contribution in [-0.2, 0) is 19.5 Å². The van der Waals surface area contributed by atoms with Gasteiger partial charge >= 0.3 is 0 Å². The maximum absolute atomic E-state index is 12.1. The molecule has 21 heavy (non-hydrogen) atoms. The molecule has 1 atom stereocenters. The van der Waals surface area contributed by atoms with E-state index in [4.69, 9.17) is 15.2 Å². The number of sulfonamides is 1. The molecule has 0 bridgehead atoms. The van der Waals surface area contributed by atoms with Gasteiger partial charge in [0.25, 0.3) is 0 Å². The second-order valence-corrected chi connectivity index (χ2v) is 6.48. The van der Waals surface area contributed by atoms with Crippen molar-refractivity contribution < 1.29 is 17.9 Å². The van der Waals surface area contributed by atoms with Gasteiger partial charge in [0.05, 0.1) is 18.1 Å². The zero-order valence-corrected chi connectivity index (χ0v) is 13.4. The van der Waals surface area contributed by atoms with Crippen LogP contribution < -0.4 is 10.5 Å². The Kier molecular flexibility index (Phi) is 7.84. The van der Waals surface area contributed by atoms with Gasteiger partial charge in [-0.1, -0.05) is 12.1 Å². The van der Waals surface area contributed by atoms with Gasteiger partial charge in [0.1, 0.15) is 0 Å². The minimum atomic E-state index is -3.50. The summed E-state index contributed by atoms with van der Waals surface area (Å²) in [4.78, 5) is 0.234. The minimum Gasteiger partial charge on any atom is -0.382 e. The second kappa shape index (κ2) is 9.11. The molecule has 0 amide bonds. The van der Waals surface area contributed by atoms with Crippen LogP contribution in [0.2, 0.25) is 0 Å². The molecule has 0 aliphatic heterocycles. The summed E-state index contributed by atoms with van der Waals surface area (Å²) in [5.74, 6) is 0. The third-order valence-corrected chi connectivity index (χ3v) is 4.34. The summed E-state index contributed by atoms with van der Waals surface area (Å²) in [7, 11) is -1.89. The lowest BCUT2D eigenvalue weighted by molar-refractivity contribution is 0.0699. The molecular weight excluding hydrogens is 292 g/mol. The predicted molar refractivity (Wildman–Crippen MR) is 81.5 cm³/mol. The number of benzene rings is 1. The molecule has 0 spiro atoms. The van der Waals surface area contributed by atoms with Crippen molar-refractivity contribution in [2.75, 3.05) is 33.5 Å². The number of methoxy groups -OCH3 is 1. The smallest absolute Gasteiger partial charge is 0.240 e. The van der Waals surface area contributed by atoms with E-state index in [1.807, 2.05) is 13.0 Å². The fourth-order valence-electron chi connectivity index (χ4n) is 1.67. The molecule has 1 aromatic rings. The van der Waals surface area contributed by atoms with E-state index < -0.39 is 10.0 Å². The van der Waals surface area contributed by atoms with Crippen LogP contribution in [0, 0.1) is 0 Å². The first-order chi connectivity index (χ1) is 9.97. The van der Waals surface area contributed by atoms with Crippen LogP contribution in [-0.4, -0.2) is 41.9 Å². The van der Waals surface area contributed by atoms with Crippen LogP contribution in [0.5, 0.6) is 0 Å². The molecule has 1 aromatic carbocycles. The zero-order chi connectivity index (χ0) is 15.7. The SMILES string of the molecule is COCCOCCCNS(=O)(=O)c1cccc(C(C)N)c1. The predicted octanol–water partition coefficient (Wildman–Crippen LogP) is 1.04. The number of nitrogens with two attached hydrogens (primary N) is 1. The van der Waals surface area contributed by atoms with E-state index in [1.54, 1.807) is 25.3 Å². The molecule has 1 rings (SSSR count). The summed E-state index contributed by atoms with van der Waals surface area (Å²) in [6.07, 6.45) is 0.607. The first-order valence-corrected chi connectivity index (χ1v) is 8.37. The van der Waals surface area contributed by atoms with Crippen molar-refractivity contribution in [2.45, 2.75) is 24.3 Å². The lowest BCUT2D eigenvalue weighted by Crippen LogP contribution is -2.26. The van der Waals surface area contributed by atoms with Crippen LogP contribution in [0.4, 0.5) is 0 Å². The van der Waals surface area contributed by atoms with Crippen LogP contribution in [0.3, 0.4) is 0 Å². The Morgan fingerprint density at radius 1 is 1.29 bits per heavy atom. The van der Waals surface area contributed by atoms with Crippen molar-refractivity contribution in [2.24, 2.45) is 5.73 Å². The average molecular weight is 316 g/mol. The van der Waals surface area contributed by atoms with Gasteiger partial charge in [-0.05, 0) is 31.0 Å². The fourth-order valence-corrected chi connectivity index (χ4v) is 2.80. The van der Waals surface area contributed by atoms with Gasteiger partial charge in [0, 0.05) is 26.3 Å². The van der Waals surface area contributed by atoms with E-state index >= 15 is 0 Å². The number of nitrogens with one attached hydrogen (secondary N) is 1. The Hall–Kier alpha value is -0.990. The molecule has 0 fully saturated rings. The average Bonchev–Trinajstić information content (AvgIpc) is 2.46. The lowest BCUT2D eigenvalue weighted by Gasteiger charge is -2.10. The molecule has 7 heteroatoms. The molecule has 0 aliphatic rings. The van der Waals surface area contributed by atoms with Gasteiger partial charge in [-0.2, -0.15) is 0 Å². The van der Waals surface area contributed by atoms with Gasteiger partial charge in [0.2, 0.25) is 10.0 Å². The van der Waals surface area contributed by atoms with E-state index in [1.165, 1.54) is 0 Å². The number of hydrogen-bond donors (Lipinski definition) is 2. The largest absolute Gasteiger partial charge is 0.382 e. The third-order valence-electron chi connectivity index (χ3n) is 2.88. The van der Waals surface area contributed by atoms with E-state index in [-0.39, 0.29) is 10.9 Å². The standard InChI is InChI=1S/C14H24N2O4S/c1-12(15)13-5-3-6-14(11-13)21(17,18)16-7-4-8-20-10-9-19-2/h3,5-6,11-12,16H,4,7-10,15H2,1-2H3. The van der Waals surface area contributed by atoms with Crippen LogP contribution >= 0.6 is 0 Å². The quantitative estimate of drug-likeness (QED) is 0.629. The summed E-state index contributed by atoms with van der Waals surface area (Å²) in [5, 5.41) is 0. The highest BCUT2D eigenvalue weighted by Gasteiger charge is 2.14. The normalized spacial score (nSPS) is 13.3. The minimum absolute atomic E-state index is 0.200. The summed E-state index contributed by atoms with van der Waals surface area (Å²) in [5.41, 5.74) is 6.56. The van der Waals surface area contributed by atoms with E-state index in [0.29, 0.717) is 32.8 Å². The Morgan fingerprint density at radius 2 is 2.05 bits per heavy atom. The lowest BCUT2D eigenvalue weighted by atomic mass is 10.1. The number of ether oxygens (including phenoxy) is 2. The van der Waals surface area contributed by atoms with Crippen LogP contribution in [0.1, 0.15) is 24.9 Å². The molecule has 3 N–H and O–H groups in total. The topological polar surface area (TPSA) is 90.6 Å². The third kappa shape index (κ3) is 6.54. The van der Waals surface area contributed by atoms with Crippen LogP contribution in [0.25, 0.3) is 0 Å². The Balaban J connectivity index is 2.45. The first kappa shape index (κ1) is 18.1. The Bertz CT molecular complexity index is 517. The van der Waals surface area contributed by atoms with E-state index in [9.17, 15) is 8.42 Å². The molecule has 120 valence electrons. The van der Waals surface area contributed by atoms with Gasteiger partial charge < -0.3 is 15.2 Å². The Morgan fingerprint density at radius 3 is 2.71 bits per heavy atom. The van der Waals surface area contributed by atoms with Crippen molar-refractivity contribution >= 4 is 10.0 Å². The summed E-state index contributed by atoms with van der Waals surface area (Å²) < 4.78 is 36.9. The van der Waals surface area contributed by atoms with Crippen molar-refractivity contribution in [3.8, 4) is 0 Å². The summed E-state index contributed by atoms with van der Waals surface area (Å²) >= 11 is 0. The first-order valence-electron chi connectivity index (χ1n) is 6.89. The van der Waals surface area contributed by atoms with Gasteiger partial charge in [0.15, 0.2) is 0 Å². The molecule has 0 saturated heterocycles. The fraction of sp³-hybridized carbons (Fsp3) is 0.571. The highest BCUT2D eigenvalue weighted by Crippen LogP contribution is 2.15. The molecule has 6 nitrogen and oxygen atoms in total. The Labute approximate surface area is 126 Å². The highest BCUT2D eigenvalue weighted by atomic mass is 32.2. The molecule has 0 saturated carbocycles. The van der Waals surface area contributed by atoms with Gasteiger partial charge in [-0.25, -0.2) is 13.1 Å². The molecule has 0 radical (unpaired) electrons. The zero-order valence-electron chi connectivity index (χ0n) is 12.5. The van der Waals surface area contributed by atoms with Crippen molar-refractivity contribution in [3.63, 3.8) is 0 Å². The van der Waals surface area contributed by atoms with Gasteiger partial charge in [-0.15, -0.1) is 0 Å². The molecule has 0 heterocycles. The van der Waals surface area contributed by atoms with Crippen molar-refractivity contribution in [1.82, 2.24) is 4.72 Å². The molecule has 0 aliphatic carbocycles. The maximum Gasteiger partial charge on any atom is 0.240 e. The summed E-state index contributed by atoms with van der Waals surface area (Å²) in [6.45, 7) is 3.69. The van der Waals surface area contributed by atoms with Gasteiger partial charge in [-0.3, -0.25) is 0 Å². The number of hydrogen-bond acceptors (Lipinski definition) is 5. The molecular formula is C14H24N2O4S. The summed E-state index contributed by atoms with van der Waals surface area (Å²) in [6, 6.07) is 6.47. The maximum atomic E-state index is 12.1. The van der Waals surface area contributed by atoms with E-state index in [0.717, 1.165) is 5.56 Å². The van der Waals surface area contributed by atoms with E-state index in [2.05, 4.69) is 4.72 Å². The molecule has 1 unspecified atom stereocenters. The van der Waals surface area contributed by atoms with Crippen LogP contribution in [0.15, 0.2) is 29.2 Å². The highest BCUT2D eigenvalue weighted by molar-refractivity contribution is 7.89. The van der Waals surface area contributed by atoms with Crippen molar-refractivity contribution in [3.05, 3.63) is 29.8 Å². The second-order valence-electron chi connectivity index (χ2n) is 4.72. The molecule has 0 aromatic heterocycles.